The fourth-order valence-electron chi connectivity index (χ4n) is 3.93. The summed E-state index contributed by atoms with van der Waals surface area (Å²) in [5.41, 5.74) is 3.76. The molecule has 0 N–H and O–H groups in total. The number of fused-ring (bicyclic) bond motifs is 1. The maximum absolute atomic E-state index is 4.57. The SMILES string of the molecule is Cc1ccc(CN2CCC[C@@H](c3nccn3C)C2)c2cccnc12. The Kier molecular flexibility index (Phi) is 4.07. The van der Waals surface area contributed by atoms with Gasteiger partial charge in [-0.1, -0.05) is 18.2 Å². The van der Waals surface area contributed by atoms with Crippen LogP contribution in [0.4, 0.5) is 0 Å². The molecular weight excluding hydrogens is 296 g/mol. The molecule has 0 bridgehead atoms. The average molecular weight is 320 g/mol. The zero-order valence-electron chi connectivity index (χ0n) is 14.4. The van der Waals surface area contributed by atoms with Crippen LogP contribution in [0.1, 0.15) is 35.7 Å². The van der Waals surface area contributed by atoms with Crippen LogP contribution in [-0.4, -0.2) is 32.5 Å². The number of piperidine rings is 1. The molecule has 0 spiro atoms. The number of nitrogens with zero attached hydrogens (tertiary/aromatic N) is 4. The first-order valence-corrected chi connectivity index (χ1v) is 8.75. The number of hydrogen-bond acceptors (Lipinski definition) is 3. The Morgan fingerprint density at radius 2 is 2.08 bits per heavy atom. The second-order valence-electron chi connectivity index (χ2n) is 6.91. The van der Waals surface area contributed by atoms with E-state index < -0.39 is 0 Å². The highest BCUT2D eigenvalue weighted by atomic mass is 15.1. The van der Waals surface area contributed by atoms with Crippen LogP contribution in [-0.2, 0) is 13.6 Å². The van der Waals surface area contributed by atoms with Crippen LogP contribution >= 0.6 is 0 Å². The number of aromatic nitrogens is 3. The molecule has 0 unspecified atom stereocenters. The van der Waals surface area contributed by atoms with Gasteiger partial charge in [0.05, 0.1) is 5.52 Å². The van der Waals surface area contributed by atoms with E-state index in [2.05, 4.69) is 51.6 Å². The van der Waals surface area contributed by atoms with Gasteiger partial charge < -0.3 is 4.57 Å². The highest BCUT2D eigenvalue weighted by Gasteiger charge is 2.24. The van der Waals surface area contributed by atoms with Gasteiger partial charge in [-0.3, -0.25) is 9.88 Å². The Bertz CT molecular complexity index is 852. The van der Waals surface area contributed by atoms with E-state index in [9.17, 15) is 0 Å². The monoisotopic (exact) mass is 320 g/mol. The first-order chi connectivity index (χ1) is 11.7. The lowest BCUT2D eigenvalue weighted by Crippen LogP contribution is -2.34. The maximum atomic E-state index is 4.57. The molecule has 1 fully saturated rings. The molecule has 124 valence electrons. The molecule has 0 aliphatic carbocycles. The molecule has 4 rings (SSSR count). The van der Waals surface area contributed by atoms with Crippen LogP contribution in [0.2, 0.25) is 0 Å². The first kappa shape index (κ1) is 15.3. The molecule has 2 aromatic heterocycles. The molecule has 3 heterocycles. The summed E-state index contributed by atoms with van der Waals surface area (Å²) in [6, 6.07) is 8.71. The molecule has 4 nitrogen and oxygen atoms in total. The van der Waals surface area contributed by atoms with E-state index in [1.807, 2.05) is 24.7 Å². The minimum Gasteiger partial charge on any atom is -0.338 e. The van der Waals surface area contributed by atoms with Gasteiger partial charge in [0.2, 0.25) is 0 Å². The summed E-state index contributed by atoms with van der Waals surface area (Å²) in [5, 5.41) is 1.29. The smallest absolute Gasteiger partial charge is 0.112 e. The highest BCUT2D eigenvalue weighted by Crippen LogP contribution is 2.28. The van der Waals surface area contributed by atoms with Crippen LogP contribution in [0.25, 0.3) is 10.9 Å². The summed E-state index contributed by atoms with van der Waals surface area (Å²) >= 11 is 0. The third-order valence-corrected chi connectivity index (χ3v) is 5.18. The lowest BCUT2D eigenvalue weighted by Gasteiger charge is -2.32. The van der Waals surface area contributed by atoms with E-state index in [1.165, 1.54) is 35.2 Å². The molecule has 0 amide bonds. The first-order valence-electron chi connectivity index (χ1n) is 8.75. The van der Waals surface area contributed by atoms with Crippen molar-refractivity contribution in [2.24, 2.45) is 7.05 Å². The average Bonchev–Trinajstić information content (AvgIpc) is 3.04. The van der Waals surface area contributed by atoms with Gasteiger partial charge in [0.15, 0.2) is 0 Å². The van der Waals surface area contributed by atoms with Gasteiger partial charge in [-0.05, 0) is 43.5 Å². The van der Waals surface area contributed by atoms with E-state index in [1.54, 1.807) is 0 Å². The normalized spacial score (nSPS) is 19.0. The fraction of sp³-hybridized carbons (Fsp3) is 0.400. The number of likely N-dealkylation sites (tertiary alicyclic amines) is 1. The summed E-state index contributed by atoms with van der Waals surface area (Å²) < 4.78 is 2.17. The second-order valence-corrected chi connectivity index (χ2v) is 6.91. The third-order valence-electron chi connectivity index (χ3n) is 5.18. The van der Waals surface area contributed by atoms with Gasteiger partial charge >= 0.3 is 0 Å². The summed E-state index contributed by atoms with van der Waals surface area (Å²) in [6.07, 6.45) is 8.31. The Hall–Kier alpha value is -2.20. The Morgan fingerprint density at radius 3 is 2.92 bits per heavy atom. The molecule has 1 aliphatic heterocycles. The topological polar surface area (TPSA) is 34.0 Å². The van der Waals surface area contributed by atoms with Gasteiger partial charge in [-0.15, -0.1) is 0 Å². The van der Waals surface area contributed by atoms with Gasteiger partial charge in [0.25, 0.3) is 0 Å². The van der Waals surface area contributed by atoms with Crippen molar-refractivity contribution in [3.8, 4) is 0 Å². The van der Waals surface area contributed by atoms with Crippen LogP contribution in [0.5, 0.6) is 0 Å². The number of hydrogen-bond donors (Lipinski definition) is 0. The van der Waals surface area contributed by atoms with E-state index >= 15 is 0 Å². The minimum absolute atomic E-state index is 0.536. The quantitative estimate of drug-likeness (QED) is 0.738. The van der Waals surface area contributed by atoms with Gasteiger partial charge in [0, 0.05) is 50.0 Å². The minimum atomic E-state index is 0.536. The van der Waals surface area contributed by atoms with Crippen molar-refractivity contribution < 1.29 is 0 Å². The van der Waals surface area contributed by atoms with E-state index in [-0.39, 0.29) is 0 Å². The van der Waals surface area contributed by atoms with Gasteiger partial charge in [0.1, 0.15) is 5.82 Å². The zero-order valence-corrected chi connectivity index (χ0v) is 14.4. The van der Waals surface area contributed by atoms with Crippen molar-refractivity contribution in [1.82, 2.24) is 19.4 Å². The third kappa shape index (κ3) is 2.82. The standard InChI is InChI=1S/C20H24N4/c1-15-7-8-16(18-6-3-9-21-19(15)18)13-24-11-4-5-17(14-24)20-22-10-12-23(20)2/h3,6-10,12,17H,4-5,11,13-14H2,1-2H3/t17-/m1/s1. The molecule has 0 saturated carbocycles. The van der Waals surface area contributed by atoms with Gasteiger partial charge in [-0.2, -0.15) is 0 Å². The maximum Gasteiger partial charge on any atom is 0.112 e. The van der Waals surface area contributed by atoms with Crippen molar-refractivity contribution in [2.75, 3.05) is 13.1 Å². The predicted molar refractivity (Wildman–Crippen MR) is 96.9 cm³/mol. The summed E-state index contributed by atoms with van der Waals surface area (Å²) in [4.78, 5) is 11.7. The molecule has 0 radical (unpaired) electrons. The summed E-state index contributed by atoms with van der Waals surface area (Å²) in [5.74, 6) is 1.75. The van der Waals surface area contributed by atoms with Crippen LogP contribution in [0.15, 0.2) is 42.9 Å². The van der Waals surface area contributed by atoms with Crippen LogP contribution < -0.4 is 0 Å². The molecule has 1 atom stereocenters. The fourth-order valence-corrected chi connectivity index (χ4v) is 3.93. The molecular formula is C20H24N4. The van der Waals surface area contributed by atoms with Crippen molar-refractivity contribution in [3.05, 3.63) is 59.8 Å². The number of imidazole rings is 1. The molecule has 1 aliphatic rings. The highest BCUT2D eigenvalue weighted by molar-refractivity contribution is 5.84. The Labute approximate surface area is 143 Å². The molecule has 24 heavy (non-hydrogen) atoms. The van der Waals surface area contributed by atoms with Gasteiger partial charge in [-0.25, -0.2) is 4.98 Å². The lowest BCUT2D eigenvalue weighted by atomic mass is 9.96. The number of benzene rings is 1. The molecule has 1 aromatic carbocycles. The lowest BCUT2D eigenvalue weighted by molar-refractivity contribution is 0.196. The predicted octanol–water partition coefficient (Wildman–Crippen LogP) is 3.66. The largest absolute Gasteiger partial charge is 0.338 e. The summed E-state index contributed by atoms with van der Waals surface area (Å²) in [6.45, 7) is 5.37. The van der Waals surface area contributed by atoms with E-state index in [0.29, 0.717) is 5.92 Å². The number of rotatable bonds is 3. The zero-order chi connectivity index (χ0) is 16.5. The Balaban J connectivity index is 1.57. The van der Waals surface area contributed by atoms with Crippen molar-refractivity contribution in [2.45, 2.75) is 32.2 Å². The van der Waals surface area contributed by atoms with Crippen LogP contribution in [0.3, 0.4) is 0 Å². The molecule has 3 aromatic rings. The van der Waals surface area contributed by atoms with E-state index in [0.717, 1.165) is 25.2 Å². The molecule has 4 heteroatoms. The van der Waals surface area contributed by atoms with Crippen LogP contribution in [0, 0.1) is 6.92 Å². The number of pyridine rings is 1. The molecule has 1 saturated heterocycles. The summed E-state index contributed by atoms with van der Waals surface area (Å²) in [7, 11) is 2.10. The van der Waals surface area contributed by atoms with E-state index in [4.69, 9.17) is 0 Å². The number of aryl methyl sites for hydroxylation is 2. The van der Waals surface area contributed by atoms with Crippen molar-refractivity contribution in [1.29, 1.82) is 0 Å². The Morgan fingerprint density at radius 1 is 1.17 bits per heavy atom. The van der Waals surface area contributed by atoms with Crippen molar-refractivity contribution in [3.63, 3.8) is 0 Å². The van der Waals surface area contributed by atoms with Crippen molar-refractivity contribution >= 4 is 10.9 Å². The second kappa shape index (κ2) is 6.36.